The zero-order chi connectivity index (χ0) is 16.1. The number of carbonyl (C=O) groups is 1. The highest BCUT2D eigenvalue weighted by Crippen LogP contribution is 2.35. The molecular weight excluding hydrogens is 290 g/mol. The van der Waals surface area contributed by atoms with Gasteiger partial charge in [0, 0.05) is 18.6 Å². The number of hydrogen-bond acceptors (Lipinski definition) is 4. The second kappa shape index (κ2) is 7.95. The minimum Gasteiger partial charge on any atom is -0.364 e. The first-order valence-electron chi connectivity index (χ1n) is 9.62. The molecule has 3 N–H and O–H groups in total. The minimum absolute atomic E-state index is 0.0662. The Balaban J connectivity index is 1.57. The van der Waals surface area contributed by atoms with Crippen LogP contribution in [0.3, 0.4) is 0 Å². The van der Waals surface area contributed by atoms with Crippen LogP contribution in [0.4, 0.5) is 0 Å². The van der Waals surface area contributed by atoms with E-state index in [0.717, 1.165) is 19.4 Å². The van der Waals surface area contributed by atoms with Crippen LogP contribution in [0.5, 0.6) is 0 Å². The Kier molecular flexibility index (Phi) is 5.94. The molecule has 5 heteroatoms. The predicted octanol–water partition coefficient (Wildman–Crippen LogP) is 1.80. The Hall–Kier alpha value is -0.650. The van der Waals surface area contributed by atoms with E-state index in [9.17, 15) is 4.79 Å². The second-order valence-electron chi connectivity index (χ2n) is 7.61. The quantitative estimate of drug-likeness (QED) is 0.809. The first kappa shape index (κ1) is 17.2. The van der Waals surface area contributed by atoms with Gasteiger partial charge in [-0.25, -0.2) is 0 Å². The van der Waals surface area contributed by atoms with Gasteiger partial charge in [-0.1, -0.05) is 25.7 Å². The molecule has 0 aromatic rings. The van der Waals surface area contributed by atoms with Crippen LogP contribution in [-0.2, 0) is 9.53 Å². The van der Waals surface area contributed by atoms with Gasteiger partial charge in [0.25, 0.3) is 0 Å². The van der Waals surface area contributed by atoms with Gasteiger partial charge in [-0.15, -0.1) is 0 Å². The molecule has 0 unspecified atom stereocenters. The third kappa shape index (κ3) is 4.06. The number of piperidine rings is 1. The summed E-state index contributed by atoms with van der Waals surface area (Å²) in [5, 5.41) is 3.23. The van der Waals surface area contributed by atoms with E-state index in [2.05, 4.69) is 10.2 Å². The molecule has 23 heavy (non-hydrogen) atoms. The van der Waals surface area contributed by atoms with Crippen LogP contribution >= 0.6 is 0 Å². The van der Waals surface area contributed by atoms with E-state index in [1.165, 1.54) is 64.5 Å². The van der Waals surface area contributed by atoms with E-state index in [-0.39, 0.29) is 23.7 Å². The van der Waals surface area contributed by atoms with E-state index in [1.54, 1.807) is 0 Å². The fraction of sp³-hybridized carbons (Fsp3) is 0.944. The number of likely N-dealkylation sites (tertiary alicyclic amines) is 1. The van der Waals surface area contributed by atoms with Gasteiger partial charge in [-0.3, -0.25) is 9.69 Å². The molecule has 2 saturated heterocycles. The van der Waals surface area contributed by atoms with Crippen LogP contribution < -0.4 is 11.1 Å². The zero-order valence-corrected chi connectivity index (χ0v) is 14.4. The van der Waals surface area contributed by atoms with Gasteiger partial charge in [0.15, 0.2) is 0 Å². The number of rotatable bonds is 5. The molecule has 2 atom stereocenters. The summed E-state index contributed by atoms with van der Waals surface area (Å²) in [6.07, 6.45) is 11.8. The number of nitrogens with zero attached hydrogens (tertiary/aromatic N) is 1. The molecule has 0 bridgehead atoms. The largest absolute Gasteiger partial charge is 0.364 e. The predicted molar refractivity (Wildman–Crippen MR) is 91.2 cm³/mol. The van der Waals surface area contributed by atoms with Crippen molar-refractivity contribution in [1.82, 2.24) is 10.2 Å². The fourth-order valence-corrected chi connectivity index (χ4v) is 4.62. The number of amides is 1. The summed E-state index contributed by atoms with van der Waals surface area (Å²) in [5.41, 5.74) is 5.84. The van der Waals surface area contributed by atoms with Crippen LogP contribution in [0.25, 0.3) is 0 Å². The molecular formula is C18H33N3O2. The SMILES string of the molecule is NC[C@H]1CC[C@@H](C(=O)NCC2(N3CCCCC3)CCCCC2)O1. The van der Waals surface area contributed by atoms with Crippen LogP contribution in [0.1, 0.15) is 64.2 Å². The fourth-order valence-electron chi connectivity index (χ4n) is 4.62. The molecule has 132 valence electrons. The lowest BCUT2D eigenvalue weighted by Crippen LogP contribution is -2.58. The van der Waals surface area contributed by atoms with Crippen molar-refractivity contribution < 1.29 is 9.53 Å². The molecule has 2 heterocycles. The molecule has 2 aliphatic heterocycles. The second-order valence-corrected chi connectivity index (χ2v) is 7.61. The van der Waals surface area contributed by atoms with Gasteiger partial charge >= 0.3 is 0 Å². The summed E-state index contributed by atoms with van der Waals surface area (Å²) in [4.78, 5) is 15.2. The maximum absolute atomic E-state index is 12.5. The highest BCUT2D eigenvalue weighted by Gasteiger charge is 2.39. The Morgan fingerprint density at radius 3 is 2.43 bits per heavy atom. The molecule has 0 aromatic heterocycles. The lowest BCUT2D eigenvalue weighted by atomic mass is 9.79. The van der Waals surface area contributed by atoms with E-state index in [0.29, 0.717) is 6.54 Å². The maximum Gasteiger partial charge on any atom is 0.249 e. The molecule has 0 radical (unpaired) electrons. The molecule has 5 nitrogen and oxygen atoms in total. The van der Waals surface area contributed by atoms with Crippen molar-refractivity contribution in [1.29, 1.82) is 0 Å². The first-order chi connectivity index (χ1) is 11.2. The van der Waals surface area contributed by atoms with Crippen LogP contribution in [0.2, 0.25) is 0 Å². The molecule has 3 rings (SSSR count). The average molecular weight is 323 g/mol. The smallest absolute Gasteiger partial charge is 0.249 e. The summed E-state index contributed by atoms with van der Waals surface area (Å²) in [6, 6.07) is 0. The van der Waals surface area contributed by atoms with Gasteiger partial charge in [-0.2, -0.15) is 0 Å². The van der Waals surface area contributed by atoms with E-state index >= 15 is 0 Å². The molecule has 1 saturated carbocycles. The van der Waals surface area contributed by atoms with Crippen molar-refractivity contribution in [2.45, 2.75) is 82.0 Å². The van der Waals surface area contributed by atoms with Gasteiger partial charge in [-0.05, 0) is 51.6 Å². The van der Waals surface area contributed by atoms with E-state index in [4.69, 9.17) is 10.5 Å². The first-order valence-corrected chi connectivity index (χ1v) is 9.62. The van der Waals surface area contributed by atoms with Crippen molar-refractivity contribution in [3.8, 4) is 0 Å². The number of nitrogens with one attached hydrogen (secondary N) is 1. The summed E-state index contributed by atoms with van der Waals surface area (Å²) >= 11 is 0. The van der Waals surface area contributed by atoms with Gasteiger partial charge in [0.2, 0.25) is 5.91 Å². The van der Waals surface area contributed by atoms with Gasteiger partial charge < -0.3 is 15.8 Å². The number of carbonyl (C=O) groups excluding carboxylic acids is 1. The summed E-state index contributed by atoms with van der Waals surface area (Å²) in [7, 11) is 0. The topological polar surface area (TPSA) is 67.6 Å². The standard InChI is InChI=1S/C18H33N3O2/c19-13-15-7-8-16(23-15)17(22)20-14-18(9-3-1-4-10-18)21-11-5-2-6-12-21/h15-16H,1-14,19H2,(H,20,22)/t15-,16+/m1/s1. The van der Waals surface area contributed by atoms with Gasteiger partial charge in [0.1, 0.15) is 6.10 Å². The minimum atomic E-state index is -0.287. The lowest BCUT2D eigenvalue weighted by molar-refractivity contribution is -0.132. The molecule has 3 fully saturated rings. The molecule has 1 amide bonds. The molecule has 3 aliphatic rings. The summed E-state index contributed by atoms with van der Waals surface area (Å²) in [6.45, 7) is 3.70. The Morgan fingerprint density at radius 1 is 1.09 bits per heavy atom. The van der Waals surface area contributed by atoms with Crippen LogP contribution in [0, 0.1) is 0 Å². The van der Waals surface area contributed by atoms with Crippen molar-refractivity contribution >= 4 is 5.91 Å². The number of ether oxygens (including phenoxy) is 1. The van der Waals surface area contributed by atoms with E-state index < -0.39 is 0 Å². The molecule has 1 aliphatic carbocycles. The summed E-state index contributed by atoms with van der Waals surface area (Å²) < 4.78 is 5.74. The van der Waals surface area contributed by atoms with E-state index in [1.807, 2.05) is 0 Å². The Morgan fingerprint density at radius 2 is 1.78 bits per heavy atom. The highest BCUT2D eigenvalue weighted by atomic mass is 16.5. The van der Waals surface area contributed by atoms with Crippen molar-refractivity contribution in [2.75, 3.05) is 26.2 Å². The van der Waals surface area contributed by atoms with Crippen molar-refractivity contribution in [2.24, 2.45) is 5.73 Å². The summed E-state index contributed by atoms with van der Waals surface area (Å²) in [5.74, 6) is 0.0721. The number of hydrogen-bond donors (Lipinski definition) is 2. The van der Waals surface area contributed by atoms with Crippen molar-refractivity contribution in [3.05, 3.63) is 0 Å². The number of nitrogens with two attached hydrogens (primary N) is 1. The Bertz CT molecular complexity index is 390. The molecule has 0 aromatic carbocycles. The Labute approximate surface area is 140 Å². The maximum atomic E-state index is 12.5. The third-order valence-electron chi connectivity index (χ3n) is 6.07. The van der Waals surface area contributed by atoms with Gasteiger partial charge in [0.05, 0.1) is 6.10 Å². The zero-order valence-electron chi connectivity index (χ0n) is 14.4. The van der Waals surface area contributed by atoms with Crippen molar-refractivity contribution in [3.63, 3.8) is 0 Å². The third-order valence-corrected chi connectivity index (χ3v) is 6.07. The van der Waals surface area contributed by atoms with Crippen LogP contribution in [-0.4, -0.2) is 54.7 Å². The molecule has 0 spiro atoms. The average Bonchev–Trinajstić information content (AvgIpc) is 3.10. The lowest BCUT2D eigenvalue weighted by Gasteiger charge is -2.48. The highest BCUT2D eigenvalue weighted by molar-refractivity contribution is 5.81. The normalized spacial score (nSPS) is 31.9. The van der Waals surface area contributed by atoms with Crippen LogP contribution in [0.15, 0.2) is 0 Å². The monoisotopic (exact) mass is 323 g/mol.